The van der Waals surface area contributed by atoms with Gasteiger partial charge < -0.3 is 0 Å². The van der Waals surface area contributed by atoms with Gasteiger partial charge in [-0.25, -0.2) is 0 Å². The average Bonchev–Trinajstić information content (AvgIpc) is 1.72. The first kappa shape index (κ1) is 11.1. The van der Waals surface area contributed by atoms with E-state index in [0.717, 1.165) is 0 Å². The van der Waals surface area contributed by atoms with Crippen molar-refractivity contribution >= 4 is 0 Å². The van der Waals surface area contributed by atoms with Crippen LogP contribution in [0.1, 0.15) is 0 Å². The molecule has 0 saturated heterocycles. The molecular formula is C6H6Co2. The van der Waals surface area contributed by atoms with E-state index >= 15 is 0 Å². The standard InChI is InChI=1S/C6H6.2Co/c1-2-4-6-5-3-1;;/h1-6H;;. The summed E-state index contributed by atoms with van der Waals surface area (Å²) in [4.78, 5) is 0. The van der Waals surface area contributed by atoms with Crippen molar-refractivity contribution in [3.63, 3.8) is 0 Å². The summed E-state index contributed by atoms with van der Waals surface area (Å²) in [6.07, 6.45) is 0. The van der Waals surface area contributed by atoms with E-state index in [1.165, 1.54) is 0 Å². The van der Waals surface area contributed by atoms with Crippen molar-refractivity contribution in [2.45, 2.75) is 0 Å². The van der Waals surface area contributed by atoms with Crippen LogP contribution in [-0.4, -0.2) is 0 Å². The Kier molecular flexibility index (Phi) is 10.0. The fourth-order valence-corrected chi connectivity index (χ4v) is 0.385. The molecule has 0 N–H and O–H groups in total. The predicted molar refractivity (Wildman–Crippen MR) is 26.4 cm³/mol. The van der Waals surface area contributed by atoms with Gasteiger partial charge in [0.1, 0.15) is 0 Å². The summed E-state index contributed by atoms with van der Waals surface area (Å²) >= 11 is 0. The summed E-state index contributed by atoms with van der Waals surface area (Å²) in [6.45, 7) is 0. The first-order valence-corrected chi connectivity index (χ1v) is 2.00. The second-order valence-electron chi connectivity index (χ2n) is 1.15. The molecule has 0 nitrogen and oxygen atoms in total. The van der Waals surface area contributed by atoms with Crippen molar-refractivity contribution in [1.29, 1.82) is 0 Å². The minimum absolute atomic E-state index is 0. The predicted octanol–water partition coefficient (Wildman–Crippen LogP) is 1.68. The second-order valence-corrected chi connectivity index (χ2v) is 1.15. The molecule has 1 rings (SSSR count). The van der Waals surface area contributed by atoms with Crippen LogP contribution in [0, 0.1) is 0 Å². The normalized spacial score (nSPS) is 6.00. The Morgan fingerprint density at radius 2 is 0.500 bits per heavy atom. The number of rotatable bonds is 0. The van der Waals surface area contributed by atoms with E-state index in [0.29, 0.717) is 0 Å². The van der Waals surface area contributed by atoms with Crippen LogP contribution >= 0.6 is 0 Å². The quantitative estimate of drug-likeness (QED) is 0.592. The maximum Gasteiger partial charge on any atom is 0 e. The van der Waals surface area contributed by atoms with Gasteiger partial charge in [-0.05, 0) is 0 Å². The summed E-state index contributed by atoms with van der Waals surface area (Å²) in [5.41, 5.74) is 0. The maximum atomic E-state index is 2.00. The third kappa shape index (κ3) is 4.39. The topological polar surface area (TPSA) is 0 Å². The Bertz CT molecular complexity index is 78.5. The molecule has 0 heterocycles. The molecule has 0 bridgehead atoms. The molecule has 0 aliphatic carbocycles. The molecule has 2 radical (unpaired) electrons. The molecule has 0 amide bonds. The van der Waals surface area contributed by atoms with Gasteiger partial charge in [0.15, 0.2) is 0 Å². The van der Waals surface area contributed by atoms with Crippen molar-refractivity contribution in [3.8, 4) is 0 Å². The van der Waals surface area contributed by atoms with Gasteiger partial charge in [-0.15, -0.1) is 0 Å². The van der Waals surface area contributed by atoms with E-state index in [1.54, 1.807) is 0 Å². The Morgan fingerprint density at radius 3 is 0.625 bits per heavy atom. The molecule has 0 atom stereocenters. The minimum atomic E-state index is 0. The number of hydrogen-bond acceptors (Lipinski definition) is 0. The fourth-order valence-electron chi connectivity index (χ4n) is 0.385. The molecule has 0 saturated carbocycles. The summed E-state index contributed by atoms with van der Waals surface area (Å²) in [7, 11) is 0. The average molecular weight is 196 g/mol. The summed E-state index contributed by atoms with van der Waals surface area (Å²) in [5, 5.41) is 0. The molecule has 0 aliphatic heterocycles. The third-order valence-electron chi connectivity index (χ3n) is 0.667. The molecule has 8 heavy (non-hydrogen) atoms. The Morgan fingerprint density at radius 1 is 0.375 bits per heavy atom. The summed E-state index contributed by atoms with van der Waals surface area (Å²) in [6, 6.07) is 12.0. The smallest absolute Gasteiger partial charge is 0 e. The van der Waals surface area contributed by atoms with E-state index in [2.05, 4.69) is 0 Å². The maximum absolute atomic E-state index is 2.00. The van der Waals surface area contributed by atoms with Crippen molar-refractivity contribution < 1.29 is 33.6 Å². The van der Waals surface area contributed by atoms with Crippen LogP contribution in [0.25, 0.3) is 0 Å². The van der Waals surface area contributed by atoms with Crippen LogP contribution in [0.2, 0.25) is 0 Å². The van der Waals surface area contributed by atoms with Crippen LogP contribution in [-0.2, 0) is 33.6 Å². The van der Waals surface area contributed by atoms with Crippen LogP contribution < -0.4 is 0 Å². The zero-order valence-corrected chi connectivity index (χ0v) is 6.21. The van der Waals surface area contributed by atoms with E-state index in [4.69, 9.17) is 0 Å². The van der Waals surface area contributed by atoms with E-state index < -0.39 is 0 Å². The molecule has 1 aromatic carbocycles. The van der Waals surface area contributed by atoms with Gasteiger partial charge in [-0.1, -0.05) is 36.4 Å². The van der Waals surface area contributed by atoms with Crippen molar-refractivity contribution in [2.75, 3.05) is 0 Å². The monoisotopic (exact) mass is 196 g/mol. The van der Waals surface area contributed by atoms with Gasteiger partial charge >= 0.3 is 0 Å². The first-order chi connectivity index (χ1) is 3.00. The molecular weight excluding hydrogens is 190 g/mol. The van der Waals surface area contributed by atoms with Crippen LogP contribution in [0.3, 0.4) is 0 Å². The Balaban J connectivity index is 0. The van der Waals surface area contributed by atoms with Crippen LogP contribution in [0.5, 0.6) is 0 Å². The van der Waals surface area contributed by atoms with Gasteiger partial charge in [0, 0.05) is 33.6 Å². The molecule has 0 spiro atoms. The molecule has 0 aliphatic rings. The molecule has 48 valence electrons. The second kappa shape index (κ2) is 7.23. The van der Waals surface area contributed by atoms with Crippen molar-refractivity contribution in [2.24, 2.45) is 0 Å². The number of hydrogen-bond donors (Lipinski definition) is 0. The molecule has 0 aromatic heterocycles. The Labute approximate surface area is 70.1 Å². The van der Waals surface area contributed by atoms with Crippen molar-refractivity contribution in [3.05, 3.63) is 36.4 Å². The minimum Gasteiger partial charge on any atom is -0.0623 e. The zero-order valence-electron chi connectivity index (χ0n) is 4.13. The molecule has 0 fully saturated rings. The zero-order chi connectivity index (χ0) is 4.24. The van der Waals surface area contributed by atoms with E-state index in [9.17, 15) is 0 Å². The van der Waals surface area contributed by atoms with Crippen LogP contribution in [0.15, 0.2) is 36.4 Å². The first-order valence-electron chi connectivity index (χ1n) is 2.00. The third-order valence-corrected chi connectivity index (χ3v) is 0.667. The van der Waals surface area contributed by atoms with E-state index in [1.807, 2.05) is 36.4 Å². The molecule has 1 aromatic rings. The van der Waals surface area contributed by atoms with Gasteiger partial charge in [-0.2, -0.15) is 0 Å². The van der Waals surface area contributed by atoms with Gasteiger partial charge in [0.25, 0.3) is 0 Å². The van der Waals surface area contributed by atoms with Gasteiger partial charge in [-0.3, -0.25) is 0 Å². The van der Waals surface area contributed by atoms with Gasteiger partial charge in [0.2, 0.25) is 0 Å². The Hall–Kier alpha value is 0.233. The largest absolute Gasteiger partial charge is 0.0623 e. The van der Waals surface area contributed by atoms with Crippen LogP contribution in [0.4, 0.5) is 0 Å². The summed E-state index contributed by atoms with van der Waals surface area (Å²) < 4.78 is 0. The molecule has 0 unspecified atom stereocenters. The number of benzene rings is 1. The fraction of sp³-hybridized carbons (Fsp3) is 0. The van der Waals surface area contributed by atoms with Gasteiger partial charge in [0.05, 0.1) is 0 Å². The van der Waals surface area contributed by atoms with E-state index in [-0.39, 0.29) is 33.6 Å². The summed E-state index contributed by atoms with van der Waals surface area (Å²) in [5.74, 6) is 0. The van der Waals surface area contributed by atoms with Crippen molar-refractivity contribution in [1.82, 2.24) is 0 Å². The SMILES string of the molecule is [Co].[Co].c1ccccc1. The molecule has 2 heteroatoms.